The minimum Gasteiger partial charge on any atom is -0.389 e. The summed E-state index contributed by atoms with van der Waals surface area (Å²) in [4.78, 5) is 11.4. The summed E-state index contributed by atoms with van der Waals surface area (Å²) in [6.07, 6.45) is 3.71. The zero-order chi connectivity index (χ0) is 11.3. The fourth-order valence-corrected chi connectivity index (χ4v) is 1.57. The molecule has 0 aromatic carbocycles. The summed E-state index contributed by atoms with van der Waals surface area (Å²) in [6.45, 7) is 4.48. The standard InChI is InChI=1S/C11H21NO3/c1-11(2,14)8-12-10(13)6-5-9-4-3-7-15-9/h9,14H,3-8H2,1-2H3,(H,12,13). The number of hydrogen-bond acceptors (Lipinski definition) is 3. The third-order valence-electron chi connectivity index (χ3n) is 2.44. The molecule has 1 heterocycles. The number of carbonyl (C=O) groups is 1. The molecule has 1 unspecified atom stereocenters. The molecule has 0 aromatic rings. The highest BCUT2D eigenvalue weighted by Gasteiger charge is 2.18. The Morgan fingerprint density at radius 3 is 2.87 bits per heavy atom. The smallest absolute Gasteiger partial charge is 0.220 e. The largest absolute Gasteiger partial charge is 0.389 e. The maximum atomic E-state index is 11.4. The number of amides is 1. The number of rotatable bonds is 5. The van der Waals surface area contributed by atoms with Crippen LogP contribution in [0.15, 0.2) is 0 Å². The molecule has 0 aliphatic carbocycles. The summed E-state index contributed by atoms with van der Waals surface area (Å²) in [7, 11) is 0. The third kappa shape index (κ3) is 5.74. The predicted molar refractivity (Wildman–Crippen MR) is 57.5 cm³/mol. The lowest BCUT2D eigenvalue weighted by Crippen LogP contribution is -2.38. The maximum absolute atomic E-state index is 11.4. The number of aliphatic hydroxyl groups is 1. The van der Waals surface area contributed by atoms with E-state index in [9.17, 15) is 9.90 Å². The van der Waals surface area contributed by atoms with E-state index in [2.05, 4.69) is 5.32 Å². The van der Waals surface area contributed by atoms with Crippen molar-refractivity contribution in [1.82, 2.24) is 5.32 Å². The van der Waals surface area contributed by atoms with Crippen LogP contribution in [0, 0.1) is 0 Å². The van der Waals surface area contributed by atoms with Crippen molar-refractivity contribution in [3.63, 3.8) is 0 Å². The van der Waals surface area contributed by atoms with Crippen LogP contribution in [-0.4, -0.2) is 35.9 Å². The zero-order valence-corrected chi connectivity index (χ0v) is 9.58. The van der Waals surface area contributed by atoms with Crippen LogP contribution in [0.5, 0.6) is 0 Å². The molecule has 15 heavy (non-hydrogen) atoms. The fourth-order valence-electron chi connectivity index (χ4n) is 1.57. The van der Waals surface area contributed by atoms with Gasteiger partial charge in [-0.05, 0) is 33.1 Å². The monoisotopic (exact) mass is 215 g/mol. The first-order valence-corrected chi connectivity index (χ1v) is 5.58. The highest BCUT2D eigenvalue weighted by atomic mass is 16.5. The Labute approximate surface area is 91.0 Å². The molecule has 0 bridgehead atoms. The van der Waals surface area contributed by atoms with Gasteiger partial charge in [0.15, 0.2) is 0 Å². The van der Waals surface area contributed by atoms with Crippen LogP contribution in [0.2, 0.25) is 0 Å². The number of ether oxygens (including phenoxy) is 1. The van der Waals surface area contributed by atoms with Gasteiger partial charge in [-0.15, -0.1) is 0 Å². The second kappa shape index (κ2) is 5.47. The lowest BCUT2D eigenvalue weighted by Gasteiger charge is -2.17. The van der Waals surface area contributed by atoms with E-state index in [1.807, 2.05) is 0 Å². The summed E-state index contributed by atoms with van der Waals surface area (Å²) in [5.41, 5.74) is -0.834. The Kier molecular flexibility index (Phi) is 4.54. The van der Waals surface area contributed by atoms with Crippen LogP contribution in [0.1, 0.15) is 39.5 Å². The molecule has 88 valence electrons. The fraction of sp³-hybridized carbons (Fsp3) is 0.909. The summed E-state index contributed by atoms with van der Waals surface area (Å²) >= 11 is 0. The molecule has 1 rings (SSSR count). The summed E-state index contributed by atoms with van der Waals surface area (Å²) in [5, 5.41) is 12.1. The van der Waals surface area contributed by atoms with E-state index >= 15 is 0 Å². The van der Waals surface area contributed by atoms with E-state index in [-0.39, 0.29) is 12.0 Å². The molecule has 4 nitrogen and oxygen atoms in total. The highest BCUT2D eigenvalue weighted by molar-refractivity contribution is 5.75. The van der Waals surface area contributed by atoms with Crippen molar-refractivity contribution in [2.24, 2.45) is 0 Å². The molecule has 0 spiro atoms. The average Bonchev–Trinajstić information content (AvgIpc) is 2.62. The molecule has 1 aliphatic rings. The Hall–Kier alpha value is -0.610. The summed E-state index contributed by atoms with van der Waals surface area (Å²) < 4.78 is 5.42. The van der Waals surface area contributed by atoms with Crippen molar-refractivity contribution >= 4 is 5.91 Å². The molecule has 2 N–H and O–H groups in total. The minimum absolute atomic E-state index is 0.00683. The molecule has 0 aromatic heterocycles. The molecule has 0 saturated carbocycles. The van der Waals surface area contributed by atoms with Crippen molar-refractivity contribution in [3.8, 4) is 0 Å². The Bertz CT molecular complexity index is 204. The predicted octanol–water partition coefficient (Wildman–Crippen LogP) is 0.833. The first kappa shape index (κ1) is 12.5. The van der Waals surface area contributed by atoms with E-state index in [0.29, 0.717) is 13.0 Å². The van der Waals surface area contributed by atoms with Crippen LogP contribution in [0.4, 0.5) is 0 Å². The lowest BCUT2D eigenvalue weighted by atomic mass is 10.1. The van der Waals surface area contributed by atoms with Crippen molar-refractivity contribution in [1.29, 1.82) is 0 Å². The molecule has 1 atom stereocenters. The molecule has 4 heteroatoms. The van der Waals surface area contributed by atoms with Gasteiger partial charge in [0.2, 0.25) is 5.91 Å². The second-order valence-electron chi connectivity index (χ2n) is 4.76. The van der Waals surface area contributed by atoms with Crippen LogP contribution >= 0.6 is 0 Å². The van der Waals surface area contributed by atoms with Crippen LogP contribution in [0.3, 0.4) is 0 Å². The van der Waals surface area contributed by atoms with Gasteiger partial charge < -0.3 is 15.2 Å². The molecule has 1 saturated heterocycles. The van der Waals surface area contributed by atoms with Gasteiger partial charge in [-0.3, -0.25) is 4.79 Å². The van der Waals surface area contributed by atoms with Crippen molar-refractivity contribution in [3.05, 3.63) is 0 Å². The molecule has 1 aliphatic heterocycles. The van der Waals surface area contributed by atoms with Gasteiger partial charge in [-0.2, -0.15) is 0 Å². The molecule has 1 fully saturated rings. The van der Waals surface area contributed by atoms with Crippen LogP contribution < -0.4 is 5.32 Å². The Morgan fingerprint density at radius 2 is 2.33 bits per heavy atom. The van der Waals surface area contributed by atoms with Gasteiger partial charge >= 0.3 is 0 Å². The van der Waals surface area contributed by atoms with Gasteiger partial charge in [0.05, 0.1) is 11.7 Å². The van der Waals surface area contributed by atoms with Crippen LogP contribution in [0.25, 0.3) is 0 Å². The van der Waals surface area contributed by atoms with Gasteiger partial charge in [-0.25, -0.2) is 0 Å². The van der Waals surface area contributed by atoms with E-state index < -0.39 is 5.60 Å². The Balaban J connectivity index is 2.08. The van der Waals surface area contributed by atoms with Crippen molar-refractivity contribution in [2.75, 3.05) is 13.2 Å². The second-order valence-corrected chi connectivity index (χ2v) is 4.76. The molecule has 1 amide bonds. The normalized spacial score (nSPS) is 21.7. The zero-order valence-electron chi connectivity index (χ0n) is 9.58. The van der Waals surface area contributed by atoms with E-state index in [1.165, 1.54) is 0 Å². The summed E-state index contributed by atoms with van der Waals surface area (Å²) in [6, 6.07) is 0. The SMILES string of the molecule is CC(C)(O)CNC(=O)CCC1CCCO1. The number of hydrogen-bond donors (Lipinski definition) is 2. The van der Waals surface area contributed by atoms with Crippen LogP contribution in [-0.2, 0) is 9.53 Å². The van der Waals surface area contributed by atoms with E-state index in [4.69, 9.17) is 4.74 Å². The van der Waals surface area contributed by atoms with Crippen molar-refractivity contribution in [2.45, 2.75) is 51.2 Å². The van der Waals surface area contributed by atoms with Gasteiger partial charge in [0.25, 0.3) is 0 Å². The van der Waals surface area contributed by atoms with Gasteiger partial charge in [-0.1, -0.05) is 0 Å². The number of carbonyl (C=O) groups excluding carboxylic acids is 1. The first-order valence-electron chi connectivity index (χ1n) is 5.58. The topological polar surface area (TPSA) is 58.6 Å². The molecular weight excluding hydrogens is 194 g/mol. The Morgan fingerprint density at radius 1 is 1.60 bits per heavy atom. The van der Waals surface area contributed by atoms with E-state index in [1.54, 1.807) is 13.8 Å². The highest BCUT2D eigenvalue weighted by Crippen LogP contribution is 2.16. The van der Waals surface area contributed by atoms with Gasteiger partial charge in [0.1, 0.15) is 0 Å². The molecule has 0 radical (unpaired) electrons. The van der Waals surface area contributed by atoms with Crippen molar-refractivity contribution < 1.29 is 14.6 Å². The summed E-state index contributed by atoms with van der Waals surface area (Å²) in [5.74, 6) is -0.00683. The third-order valence-corrected chi connectivity index (χ3v) is 2.44. The maximum Gasteiger partial charge on any atom is 0.220 e. The van der Waals surface area contributed by atoms with Gasteiger partial charge in [0, 0.05) is 19.6 Å². The van der Waals surface area contributed by atoms with E-state index in [0.717, 1.165) is 25.9 Å². The lowest BCUT2D eigenvalue weighted by molar-refractivity contribution is -0.122. The number of nitrogens with one attached hydrogen (secondary N) is 1. The quantitative estimate of drug-likeness (QED) is 0.714. The minimum atomic E-state index is -0.834. The average molecular weight is 215 g/mol. The molecular formula is C11H21NO3. The first-order chi connectivity index (χ1) is 6.97.